The van der Waals surface area contributed by atoms with E-state index in [1.807, 2.05) is 0 Å². The molecule has 98 valence electrons. The summed E-state index contributed by atoms with van der Waals surface area (Å²) in [5.41, 5.74) is 0. The van der Waals surface area contributed by atoms with Crippen LogP contribution in [0.25, 0.3) is 0 Å². The Kier molecular flexibility index (Phi) is 5.41. The molecule has 1 saturated heterocycles. The molecule has 0 saturated carbocycles. The van der Waals surface area contributed by atoms with Crippen LogP contribution in [0.2, 0.25) is 0 Å². The molecule has 1 aliphatic heterocycles. The first-order valence-corrected chi connectivity index (χ1v) is 6.25. The molecule has 5 nitrogen and oxygen atoms in total. The van der Waals surface area contributed by atoms with E-state index in [0.717, 1.165) is 19.6 Å². The van der Waals surface area contributed by atoms with Crippen LogP contribution in [0.4, 0.5) is 0 Å². The van der Waals surface area contributed by atoms with Gasteiger partial charge in [0.25, 0.3) is 0 Å². The standard InChI is InChI=1S/C12H22N2O3/c1-9(2)11(12(16)17)13-10(15)5-8-14-6-3-4-7-14/h9,11H,3-8H2,1-2H3,(H,13,15)(H,16,17)/t11-/m0/s1. The number of likely N-dealkylation sites (tertiary alicyclic amines) is 1. The smallest absolute Gasteiger partial charge is 0.326 e. The van der Waals surface area contributed by atoms with Crippen molar-refractivity contribution in [3.63, 3.8) is 0 Å². The molecule has 0 aromatic heterocycles. The number of aliphatic carboxylic acids is 1. The molecule has 1 heterocycles. The number of carbonyl (C=O) groups excluding carboxylic acids is 1. The van der Waals surface area contributed by atoms with Crippen molar-refractivity contribution < 1.29 is 14.7 Å². The molecule has 17 heavy (non-hydrogen) atoms. The molecule has 2 N–H and O–H groups in total. The quantitative estimate of drug-likeness (QED) is 0.719. The van der Waals surface area contributed by atoms with Crippen molar-refractivity contribution in [1.29, 1.82) is 0 Å². The Morgan fingerprint density at radius 3 is 2.35 bits per heavy atom. The molecular formula is C12H22N2O3. The molecule has 0 aromatic rings. The van der Waals surface area contributed by atoms with Crippen LogP contribution in [-0.2, 0) is 9.59 Å². The second kappa shape index (κ2) is 6.59. The average Bonchev–Trinajstić information content (AvgIpc) is 2.74. The van der Waals surface area contributed by atoms with Gasteiger partial charge in [0.05, 0.1) is 0 Å². The SMILES string of the molecule is CC(C)[C@H](NC(=O)CCN1CCCC1)C(=O)O. The molecule has 0 radical (unpaired) electrons. The maximum Gasteiger partial charge on any atom is 0.326 e. The minimum absolute atomic E-state index is 0.0942. The first-order chi connectivity index (χ1) is 8.00. The number of nitrogens with zero attached hydrogens (tertiary/aromatic N) is 1. The number of carboxylic acids is 1. The summed E-state index contributed by atoms with van der Waals surface area (Å²) < 4.78 is 0. The summed E-state index contributed by atoms with van der Waals surface area (Å²) in [5.74, 6) is -1.23. The number of amides is 1. The maximum absolute atomic E-state index is 11.6. The zero-order valence-electron chi connectivity index (χ0n) is 10.6. The number of rotatable bonds is 6. The number of nitrogens with one attached hydrogen (secondary N) is 1. The normalized spacial score (nSPS) is 18.3. The van der Waals surface area contributed by atoms with Crippen molar-refractivity contribution in [2.45, 2.75) is 39.2 Å². The van der Waals surface area contributed by atoms with Crippen LogP contribution in [0, 0.1) is 5.92 Å². The van der Waals surface area contributed by atoms with Crippen molar-refractivity contribution in [1.82, 2.24) is 10.2 Å². The van der Waals surface area contributed by atoms with Crippen LogP contribution >= 0.6 is 0 Å². The minimum Gasteiger partial charge on any atom is -0.480 e. The zero-order chi connectivity index (χ0) is 12.8. The van der Waals surface area contributed by atoms with Gasteiger partial charge < -0.3 is 15.3 Å². The third-order valence-electron chi connectivity index (χ3n) is 3.10. The Labute approximate surface area is 102 Å². The monoisotopic (exact) mass is 242 g/mol. The van der Waals surface area contributed by atoms with Gasteiger partial charge in [-0.25, -0.2) is 4.79 Å². The Morgan fingerprint density at radius 2 is 1.88 bits per heavy atom. The molecule has 1 rings (SSSR count). The molecule has 0 aliphatic carbocycles. The van der Waals surface area contributed by atoms with Crippen molar-refractivity contribution in [3.05, 3.63) is 0 Å². The van der Waals surface area contributed by atoms with Crippen LogP contribution in [0.5, 0.6) is 0 Å². The summed E-state index contributed by atoms with van der Waals surface area (Å²) in [6.07, 6.45) is 2.78. The molecule has 0 spiro atoms. The summed E-state index contributed by atoms with van der Waals surface area (Å²) in [6.45, 7) is 6.43. The third kappa shape index (κ3) is 4.73. The molecular weight excluding hydrogens is 220 g/mol. The van der Waals surface area contributed by atoms with E-state index in [0.29, 0.717) is 6.42 Å². The van der Waals surface area contributed by atoms with Crippen molar-refractivity contribution in [2.24, 2.45) is 5.92 Å². The fraction of sp³-hybridized carbons (Fsp3) is 0.833. The summed E-state index contributed by atoms with van der Waals surface area (Å²) >= 11 is 0. The summed E-state index contributed by atoms with van der Waals surface area (Å²) in [4.78, 5) is 24.8. The molecule has 0 unspecified atom stereocenters. The average molecular weight is 242 g/mol. The predicted octanol–water partition coefficient (Wildman–Crippen LogP) is 0.698. The van der Waals surface area contributed by atoms with Gasteiger partial charge in [0.15, 0.2) is 0 Å². The van der Waals surface area contributed by atoms with E-state index in [1.54, 1.807) is 13.8 Å². The van der Waals surface area contributed by atoms with Gasteiger partial charge in [-0.3, -0.25) is 4.79 Å². The van der Waals surface area contributed by atoms with Gasteiger partial charge in [-0.15, -0.1) is 0 Å². The number of carboxylic acid groups (broad SMARTS) is 1. The van der Waals surface area contributed by atoms with E-state index in [4.69, 9.17) is 5.11 Å². The van der Waals surface area contributed by atoms with Crippen molar-refractivity contribution in [2.75, 3.05) is 19.6 Å². The van der Waals surface area contributed by atoms with Crippen molar-refractivity contribution in [3.8, 4) is 0 Å². The fourth-order valence-corrected chi connectivity index (χ4v) is 2.03. The van der Waals surface area contributed by atoms with E-state index in [1.165, 1.54) is 12.8 Å². The lowest BCUT2D eigenvalue weighted by atomic mass is 10.0. The van der Waals surface area contributed by atoms with Crippen LogP contribution < -0.4 is 5.32 Å². The van der Waals surface area contributed by atoms with Gasteiger partial charge in [-0.2, -0.15) is 0 Å². The molecule has 1 amide bonds. The summed E-state index contributed by atoms with van der Waals surface area (Å²) in [5, 5.41) is 11.5. The van der Waals surface area contributed by atoms with Crippen LogP contribution in [0.15, 0.2) is 0 Å². The third-order valence-corrected chi connectivity index (χ3v) is 3.10. The Hall–Kier alpha value is -1.10. The van der Waals surface area contributed by atoms with E-state index in [2.05, 4.69) is 10.2 Å². The van der Waals surface area contributed by atoms with Gasteiger partial charge in [-0.05, 0) is 31.8 Å². The lowest BCUT2D eigenvalue weighted by Gasteiger charge is -2.19. The van der Waals surface area contributed by atoms with Crippen LogP contribution in [0.3, 0.4) is 0 Å². The first kappa shape index (κ1) is 14.0. The van der Waals surface area contributed by atoms with Gasteiger partial charge in [0, 0.05) is 13.0 Å². The molecule has 1 atom stereocenters. The molecule has 0 aromatic carbocycles. The largest absolute Gasteiger partial charge is 0.480 e. The first-order valence-electron chi connectivity index (χ1n) is 6.25. The highest BCUT2D eigenvalue weighted by atomic mass is 16.4. The highest BCUT2D eigenvalue weighted by Crippen LogP contribution is 2.08. The Morgan fingerprint density at radius 1 is 1.29 bits per heavy atom. The highest BCUT2D eigenvalue weighted by molar-refractivity contribution is 5.83. The number of carbonyl (C=O) groups is 2. The molecule has 5 heteroatoms. The van der Waals surface area contributed by atoms with Crippen molar-refractivity contribution >= 4 is 11.9 Å². The van der Waals surface area contributed by atoms with E-state index < -0.39 is 12.0 Å². The molecule has 1 fully saturated rings. The molecule has 0 bridgehead atoms. The second-order valence-corrected chi connectivity index (χ2v) is 4.93. The highest BCUT2D eigenvalue weighted by Gasteiger charge is 2.23. The zero-order valence-corrected chi connectivity index (χ0v) is 10.6. The van der Waals surface area contributed by atoms with Gasteiger partial charge in [-0.1, -0.05) is 13.8 Å². The van der Waals surface area contributed by atoms with E-state index >= 15 is 0 Å². The van der Waals surface area contributed by atoms with Crippen LogP contribution in [0.1, 0.15) is 33.1 Å². The Balaban J connectivity index is 2.29. The summed E-state index contributed by atoms with van der Waals surface area (Å²) in [6, 6.07) is -0.777. The lowest BCUT2D eigenvalue weighted by Crippen LogP contribution is -2.45. The number of hydrogen-bond donors (Lipinski definition) is 2. The van der Waals surface area contributed by atoms with E-state index in [-0.39, 0.29) is 11.8 Å². The maximum atomic E-state index is 11.6. The minimum atomic E-state index is -0.963. The van der Waals surface area contributed by atoms with E-state index in [9.17, 15) is 9.59 Å². The van der Waals surface area contributed by atoms with Gasteiger partial charge in [0.2, 0.25) is 5.91 Å². The van der Waals surface area contributed by atoms with Gasteiger partial charge in [0.1, 0.15) is 6.04 Å². The molecule has 1 aliphatic rings. The number of hydrogen-bond acceptors (Lipinski definition) is 3. The van der Waals surface area contributed by atoms with Crippen LogP contribution in [-0.4, -0.2) is 47.6 Å². The van der Waals surface area contributed by atoms with Gasteiger partial charge >= 0.3 is 5.97 Å². The topological polar surface area (TPSA) is 69.6 Å². The second-order valence-electron chi connectivity index (χ2n) is 4.93. The fourth-order valence-electron chi connectivity index (χ4n) is 2.03. The summed E-state index contributed by atoms with van der Waals surface area (Å²) in [7, 11) is 0. The predicted molar refractivity (Wildman–Crippen MR) is 64.7 cm³/mol. The lowest BCUT2D eigenvalue weighted by molar-refractivity contribution is -0.143. The Bertz CT molecular complexity index is 273.